The van der Waals surface area contributed by atoms with Crippen molar-refractivity contribution < 1.29 is 23.8 Å². The molecule has 0 spiro atoms. The number of carbonyl (C=O) groups is 2. The fraction of sp³-hybridized carbons (Fsp3) is 0.222. The molecule has 1 heterocycles. The average molecular weight is 342 g/mol. The van der Waals surface area contributed by atoms with Gasteiger partial charge in [0.25, 0.3) is 11.8 Å². The SMILES string of the molecule is COc1cc(NC(=O)c2ccc3c(c2)N(C)C(=O)CO3)cc(OC)c1. The van der Waals surface area contributed by atoms with Crippen LogP contribution in [-0.4, -0.2) is 39.7 Å². The molecule has 2 amide bonds. The van der Waals surface area contributed by atoms with Crippen molar-refractivity contribution in [1.29, 1.82) is 0 Å². The predicted octanol–water partition coefficient (Wildman–Crippen LogP) is 2.31. The molecular formula is C18H18N2O5. The number of carbonyl (C=O) groups excluding carboxylic acids is 2. The molecule has 0 atom stereocenters. The lowest BCUT2D eigenvalue weighted by Gasteiger charge is -2.26. The Morgan fingerprint density at radius 2 is 1.80 bits per heavy atom. The van der Waals surface area contributed by atoms with Gasteiger partial charge in [0, 0.05) is 36.5 Å². The normalized spacial score (nSPS) is 12.9. The van der Waals surface area contributed by atoms with Gasteiger partial charge in [-0.25, -0.2) is 0 Å². The molecule has 0 radical (unpaired) electrons. The number of hydrogen-bond acceptors (Lipinski definition) is 5. The van der Waals surface area contributed by atoms with Crippen LogP contribution >= 0.6 is 0 Å². The van der Waals surface area contributed by atoms with E-state index in [4.69, 9.17) is 14.2 Å². The van der Waals surface area contributed by atoms with Gasteiger partial charge in [-0.05, 0) is 18.2 Å². The van der Waals surface area contributed by atoms with Gasteiger partial charge in [-0.3, -0.25) is 9.59 Å². The molecule has 1 N–H and O–H groups in total. The van der Waals surface area contributed by atoms with Gasteiger partial charge >= 0.3 is 0 Å². The van der Waals surface area contributed by atoms with Crippen molar-refractivity contribution in [2.45, 2.75) is 0 Å². The number of nitrogens with zero attached hydrogens (tertiary/aromatic N) is 1. The first-order valence-corrected chi connectivity index (χ1v) is 7.59. The highest BCUT2D eigenvalue weighted by Gasteiger charge is 2.23. The first-order valence-electron chi connectivity index (χ1n) is 7.59. The lowest BCUT2D eigenvalue weighted by molar-refractivity contribution is -0.120. The van der Waals surface area contributed by atoms with Gasteiger partial charge in [-0.15, -0.1) is 0 Å². The Kier molecular flexibility index (Phi) is 4.47. The molecule has 2 aromatic rings. The Labute approximate surface area is 145 Å². The van der Waals surface area contributed by atoms with Crippen molar-refractivity contribution >= 4 is 23.2 Å². The summed E-state index contributed by atoms with van der Waals surface area (Å²) in [7, 11) is 4.73. The molecule has 25 heavy (non-hydrogen) atoms. The Morgan fingerprint density at radius 3 is 2.44 bits per heavy atom. The topological polar surface area (TPSA) is 77.1 Å². The second-order valence-electron chi connectivity index (χ2n) is 5.48. The molecule has 1 aliphatic rings. The molecule has 0 aliphatic carbocycles. The summed E-state index contributed by atoms with van der Waals surface area (Å²) in [6, 6.07) is 10.1. The lowest BCUT2D eigenvalue weighted by Crippen LogP contribution is -2.35. The standard InChI is InChI=1S/C18H18N2O5/c1-20-15-6-11(4-5-16(15)25-10-17(20)21)18(22)19-12-7-13(23-2)9-14(8-12)24-3/h4-9H,10H2,1-3H3,(H,19,22). The maximum absolute atomic E-state index is 12.6. The minimum Gasteiger partial charge on any atom is -0.497 e. The number of amides is 2. The number of fused-ring (bicyclic) bond motifs is 1. The fourth-order valence-corrected chi connectivity index (χ4v) is 2.50. The van der Waals surface area contributed by atoms with Crippen LogP contribution in [-0.2, 0) is 4.79 Å². The minimum absolute atomic E-state index is 0.00134. The van der Waals surface area contributed by atoms with Gasteiger partial charge in [0.2, 0.25) is 0 Å². The predicted molar refractivity (Wildman–Crippen MR) is 92.8 cm³/mol. The number of likely N-dealkylation sites (N-methyl/N-ethyl adjacent to an activating group) is 1. The van der Waals surface area contributed by atoms with Crippen LogP contribution in [0.3, 0.4) is 0 Å². The second-order valence-corrected chi connectivity index (χ2v) is 5.48. The largest absolute Gasteiger partial charge is 0.497 e. The van der Waals surface area contributed by atoms with Crippen LogP contribution in [0.15, 0.2) is 36.4 Å². The zero-order valence-electron chi connectivity index (χ0n) is 14.2. The smallest absolute Gasteiger partial charge is 0.264 e. The van der Waals surface area contributed by atoms with Crippen molar-refractivity contribution in [3.05, 3.63) is 42.0 Å². The van der Waals surface area contributed by atoms with Crippen LogP contribution in [0.2, 0.25) is 0 Å². The zero-order valence-corrected chi connectivity index (χ0v) is 14.2. The Bertz CT molecular complexity index is 812. The van der Waals surface area contributed by atoms with E-state index in [0.29, 0.717) is 34.2 Å². The third-order valence-electron chi connectivity index (χ3n) is 3.92. The van der Waals surface area contributed by atoms with Crippen LogP contribution in [0.5, 0.6) is 17.2 Å². The highest BCUT2D eigenvalue weighted by atomic mass is 16.5. The quantitative estimate of drug-likeness (QED) is 0.923. The minimum atomic E-state index is -0.315. The average Bonchev–Trinajstić information content (AvgIpc) is 2.64. The van der Waals surface area contributed by atoms with E-state index in [2.05, 4.69) is 5.32 Å². The Hall–Kier alpha value is -3.22. The number of methoxy groups -OCH3 is 2. The highest BCUT2D eigenvalue weighted by molar-refractivity contribution is 6.06. The summed E-state index contributed by atoms with van der Waals surface area (Å²) >= 11 is 0. The van der Waals surface area contributed by atoms with Crippen molar-refractivity contribution in [3.63, 3.8) is 0 Å². The summed E-state index contributed by atoms with van der Waals surface area (Å²) < 4.78 is 15.7. The number of benzene rings is 2. The molecular weight excluding hydrogens is 324 g/mol. The third kappa shape index (κ3) is 3.35. The molecule has 0 unspecified atom stereocenters. The monoisotopic (exact) mass is 342 g/mol. The van der Waals surface area contributed by atoms with Gasteiger partial charge in [0.05, 0.1) is 19.9 Å². The summed E-state index contributed by atoms with van der Waals surface area (Å²) in [5.41, 5.74) is 1.51. The molecule has 0 saturated carbocycles. The molecule has 3 rings (SSSR count). The highest BCUT2D eigenvalue weighted by Crippen LogP contribution is 2.32. The molecule has 0 aromatic heterocycles. The molecule has 130 valence electrons. The lowest BCUT2D eigenvalue weighted by atomic mass is 10.1. The second kappa shape index (κ2) is 6.72. The summed E-state index contributed by atoms with van der Waals surface area (Å²) in [6.45, 7) is -0.00134. The van der Waals surface area contributed by atoms with Crippen molar-refractivity contribution in [2.75, 3.05) is 38.1 Å². The van der Waals surface area contributed by atoms with Crippen LogP contribution in [0.4, 0.5) is 11.4 Å². The summed E-state index contributed by atoms with van der Waals surface area (Å²) in [6.07, 6.45) is 0. The summed E-state index contributed by atoms with van der Waals surface area (Å²) in [5, 5.41) is 2.80. The molecule has 2 aromatic carbocycles. The Balaban J connectivity index is 1.86. The number of anilines is 2. The van der Waals surface area contributed by atoms with E-state index in [9.17, 15) is 9.59 Å². The van der Waals surface area contributed by atoms with E-state index in [1.54, 1.807) is 43.4 Å². The van der Waals surface area contributed by atoms with Gasteiger partial charge in [-0.2, -0.15) is 0 Å². The molecule has 7 heteroatoms. The molecule has 0 bridgehead atoms. The molecule has 0 saturated heterocycles. The van der Waals surface area contributed by atoms with Crippen LogP contribution < -0.4 is 24.4 Å². The van der Waals surface area contributed by atoms with E-state index in [0.717, 1.165) is 0 Å². The van der Waals surface area contributed by atoms with Gasteiger partial charge in [0.1, 0.15) is 17.2 Å². The van der Waals surface area contributed by atoms with Gasteiger partial charge in [0.15, 0.2) is 6.61 Å². The molecule has 0 fully saturated rings. The van der Waals surface area contributed by atoms with E-state index < -0.39 is 0 Å². The Morgan fingerprint density at radius 1 is 1.12 bits per heavy atom. The van der Waals surface area contributed by atoms with Gasteiger partial charge in [-0.1, -0.05) is 0 Å². The van der Waals surface area contributed by atoms with Crippen LogP contribution in [0.1, 0.15) is 10.4 Å². The first-order chi connectivity index (χ1) is 12.0. The van der Waals surface area contributed by atoms with E-state index in [1.165, 1.54) is 19.1 Å². The summed E-state index contributed by atoms with van der Waals surface area (Å²) in [4.78, 5) is 25.8. The maximum Gasteiger partial charge on any atom is 0.264 e. The van der Waals surface area contributed by atoms with E-state index in [1.807, 2.05) is 0 Å². The third-order valence-corrected chi connectivity index (χ3v) is 3.92. The number of ether oxygens (including phenoxy) is 3. The number of rotatable bonds is 4. The molecule has 1 aliphatic heterocycles. The first kappa shape index (κ1) is 16.6. The fourth-order valence-electron chi connectivity index (χ4n) is 2.50. The van der Waals surface area contributed by atoms with Crippen molar-refractivity contribution in [3.8, 4) is 17.2 Å². The van der Waals surface area contributed by atoms with Crippen LogP contribution in [0.25, 0.3) is 0 Å². The maximum atomic E-state index is 12.6. The van der Waals surface area contributed by atoms with Crippen LogP contribution in [0, 0.1) is 0 Å². The van der Waals surface area contributed by atoms with Crippen molar-refractivity contribution in [2.24, 2.45) is 0 Å². The number of hydrogen-bond donors (Lipinski definition) is 1. The number of nitrogens with one attached hydrogen (secondary N) is 1. The van der Waals surface area contributed by atoms with Crippen molar-refractivity contribution in [1.82, 2.24) is 0 Å². The zero-order chi connectivity index (χ0) is 18.0. The molecule has 7 nitrogen and oxygen atoms in total. The van der Waals surface area contributed by atoms with E-state index >= 15 is 0 Å². The summed E-state index contributed by atoms with van der Waals surface area (Å²) in [5.74, 6) is 1.23. The van der Waals surface area contributed by atoms with Gasteiger partial charge < -0.3 is 24.4 Å². The van der Waals surface area contributed by atoms with E-state index in [-0.39, 0.29) is 18.4 Å².